The highest BCUT2D eigenvalue weighted by Crippen LogP contribution is 2.26. The zero-order valence-electron chi connectivity index (χ0n) is 18.6. The minimum absolute atomic E-state index is 0.0859. The maximum Gasteiger partial charge on any atom is 0.260 e. The maximum absolute atomic E-state index is 13.0. The molecule has 0 fully saturated rings. The Morgan fingerprint density at radius 1 is 1.21 bits per heavy atom. The highest BCUT2D eigenvalue weighted by atomic mass is 35.5. The molecule has 0 aliphatic heterocycles. The molecule has 4 rings (SSSR count). The molecule has 1 aromatic carbocycles. The van der Waals surface area contributed by atoms with E-state index < -0.39 is 0 Å². The third-order valence-electron chi connectivity index (χ3n) is 4.95. The number of rotatable bonds is 9. The molecule has 3 aromatic heterocycles. The fourth-order valence-electron chi connectivity index (χ4n) is 3.28. The molecule has 0 saturated carbocycles. The van der Waals surface area contributed by atoms with Crippen molar-refractivity contribution < 1.29 is 18.4 Å². The van der Waals surface area contributed by atoms with Gasteiger partial charge in [-0.3, -0.25) is 14.9 Å². The van der Waals surface area contributed by atoms with Gasteiger partial charge in [0.05, 0.1) is 41.1 Å². The molecule has 0 saturated heterocycles. The maximum atomic E-state index is 13.0. The van der Waals surface area contributed by atoms with Gasteiger partial charge in [0.25, 0.3) is 5.91 Å². The average Bonchev–Trinajstić information content (AvgIpc) is 3.55. The third kappa shape index (κ3) is 5.52. The van der Waals surface area contributed by atoms with Gasteiger partial charge in [0.15, 0.2) is 5.13 Å². The van der Waals surface area contributed by atoms with Crippen LogP contribution in [0.3, 0.4) is 0 Å². The van der Waals surface area contributed by atoms with Gasteiger partial charge in [-0.25, -0.2) is 4.98 Å². The number of benzene rings is 1. The summed E-state index contributed by atoms with van der Waals surface area (Å²) in [6.45, 7) is 4.40. The third-order valence-corrected chi connectivity index (χ3v) is 6.09. The predicted octanol–water partition coefficient (Wildman–Crippen LogP) is 4.98. The number of thiazole rings is 1. The van der Waals surface area contributed by atoms with Crippen molar-refractivity contribution in [2.75, 3.05) is 11.9 Å². The summed E-state index contributed by atoms with van der Waals surface area (Å²) in [4.78, 5) is 31.3. The second-order valence-corrected chi connectivity index (χ2v) is 8.73. The average molecular weight is 500 g/mol. The van der Waals surface area contributed by atoms with Crippen LogP contribution in [0.4, 0.5) is 5.13 Å². The summed E-state index contributed by atoms with van der Waals surface area (Å²) in [6.07, 6.45) is 2.31. The molecule has 0 bridgehead atoms. The lowest BCUT2D eigenvalue weighted by Crippen LogP contribution is -2.32. The molecule has 0 aliphatic rings. The normalized spacial score (nSPS) is 10.9. The minimum Gasteiger partial charge on any atom is -0.469 e. The monoisotopic (exact) mass is 499 g/mol. The molecule has 3 heterocycles. The lowest BCUT2D eigenvalue weighted by Gasteiger charge is -2.19. The van der Waals surface area contributed by atoms with E-state index in [2.05, 4.69) is 20.5 Å². The molecular formula is C23H22ClN5O4S. The largest absolute Gasteiger partial charge is 0.469 e. The van der Waals surface area contributed by atoms with Crippen molar-refractivity contribution >= 4 is 39.9 Å². The molecule has 0 radical (unpaired) electrons. The van der Waals surface area contributed by atoms with E-state index in [0.717, 1.165) is 6.42 Å². The Balaban J connectivity index is 1.40. The number of carbonyl (C=O) groups excluding carboxylic acids is 2. The Morgan fingerprint density at radius 3 is 2.76 bits per heavy atom. The highest BCUT2D eigenvalue weighted by Gasteiger charge is 2.20. The lowest BCUT2D eigenvalue weighted by atomic mass is 10.2. The summed E-state index contributed by atoms with van der Waals surface area (Å²) in [7, 11) is 0. The molecule has 1 N–H and O–H groups in total. The van der Waals surface area contributed by atoms with Crippen molar-refractivity contribution in [1.29, 1.82) is 0 Å². The Morgan fingerprint density at radius 2 is 2.03 bits per heavy atom. The van der Waals surface area contributed by atoms with Gasteiger partial charge in [-0.1, -0.05) is 30.7 Å². The van der Waals surface area contributed by atoms with Crippen LogP contribution in [0.2, 0.25) is 5.02 Å². The fraction of sp³-hybridized carbons (Fsp3) is 0.261. The van der Waals surface area contributed by atoms with Gasteiger partial charge < -0.3 is 13.7 Å². The van der Waals surface area contributed by atoms with Gasteiger partial charge in [0.2, 0.25) is 17.7 Å². The van der Waals surface area contributed by atoms with Crippen LogP contribution < -0.4 is 5.32 Å². The van der Waals surface area contributed by atoms with Crippen molar-refractivity contribution in [2.24, 2.45) is 0 Å². The molecule has 176 valence electrons. The second kappa shape index (κ2) is 10.6. The molecule has 0 unspecified atom stereocenters. The van der Waals surface area contributed by atoms with Gasteiger partial charge in [-0.2, -0.15) is 0 Å². The van der Waals surface area contributed by atoms with Gasteiger partial charge >= 0.3 is 0 Å². The van der Waals surface area contributed by atoms with E-state index in [1.54, 1.807) is 35.4 Å². The van der Waals surface area contributed by atoms with Crippen molar-refractivity contribution in [3.63, 3.8) is 0 Å². The van der Waals surface area contributed by atoms with Crippen LogP contribution >= 0.6 is 22.9 Å². The number of hydrogen-bond donors (Lipinski definition) is 1. The predicted molar refractivity (Wildman–Crippen MR) is 128 cm³/mol. The van der Waals surface area contributed by atoms with Crippen LogP contribution in [0.15, 0.2) is 50.8 Å². The number of anilines is 1. The summed E-state index contributed by atoms with van der Waals surface area (Å²) < 4.78 is 10.9. The number of hydrogen-bond acceptors (Lipinski definition) is 8. The van der Waals surface area contributed by atoms with Crippen molar-refractivity contribution in [3.05, 3.63) is 69.9 Å². The van der Waals surface area contributed by atoms with E-state index in [0.29, 0.717) is 51.1 Å². The first-order valence-corrected chi connectivity index (χ1v) is 11.8. The molecule has 0 aliphatic carbocycles. The minimum atomic E-state index is -0.309. The van der Waals surface area contributed by atoms with Crippen molar-refractivity contribution in [2.45, 2.75) is 33.2 Å². The number of aryl methyl sites for hydroxylation is 1. The smallest absolute Gasteiger partial charge is 0.260 e. The molecular weight excluding hydrogens is 478 g/mol. The molecule has 2 amide bonds. The van der Waals surface area contributed by atoms with E-state index in [4.69, 9.17) is 20.4 Å². The zero-order valence-corrected chi connectivity index (χ0v) is 20.2. The Hall–Kier alpha value is -3.50. The van der Waals surface area contributed by atoms with Crippen LogP contribution in [0.1, 0.15) is 41.0 Å². The number of amides is 2. The van der Waals surface area contributed by atoms with E-state index in [1.165, 1.54) is 17.6 Å². The molecule has 9 nitrogen and oxygen atoms in total. The van der Waals surface area contributed by atoms with Gasteiger partial charge in [0, 0.05) is 11.9 Å². The second-order valence-electron chi connectivity index (χ2n) is 7.46. The summed E-state index contributed by atoms with van der Waals surface area (Å²) >= 11 is 7.46. The van der Waals surface area contributed by atoms with Crippen molar-refractivity contribution in [1.82, 2.24) is 20.1 Å². The Kier molecular flexibility index (Phi) is 7.39. The number of carbonyl (C=O) groups is 2. The zero-order chi connectivity index (χ0) is 24.1. The van der Waals surface area contributed by atoms with Crippen molar-refractivity contribution in [3.8, 4) is 11.5 Å². The van der Waals surface area contributed by atoms with Gasteiger partial charge in [-0.05, 0) is 31.5 Å². The number of halogens is 1. The topological polar surface area (TPSA) is 114 Å². The fourth-order valence-corrected chi connectivity index (χ4v) is 4.21. The SMILES string of the molecule is CCCN(Cc1nnc(-c2ccccc2Cl)o1)C(=O)Cc1csc(NC(=O)c2ccoc2C)n1. The summed E-state index contributed by atoms with van der Waals surface area (Å²) in [5, 5.41) is 13.5. The Bertz CT molecular complexity index is 1300. The summed E-state index contributed by atoms with van der Waals surface area (Å²) in [5.74, 6) is 0.707. The van der Waals surface area contributed by atoms with E-state index in [-0.39, 0.29) is 24.8 Å². The Labute approximate surface area is 204 Å². The quantitative estimate of drug-likeness (QED) is 0.345. The van der Waals surface area contributed by atoms with Crippen LogP contribution in [0.5, 0.6) is 0 Å². The first kappa shape index (κ1) is 23.7. The molecule has 0 atom stereocenters. The van der Waals surface area contributed by atoms with Gasteiger partial charge in [0.1, 0.15) is 5.76 Å². The molecule has 11 heteroatoms. The van der Waals surface area contributed by atoms with E-state index in [9.17, 15) is 9.59 Å². The summed E-state index contributed by atoms with van der Waals surface area (Å²) in [5.41, 5.74) is 1.65. The van der Waals surface area contributed by atoms with Crippen LogP contribution in [-0.2, 0) is 17.8 Å². The standard InChI is InChI=1S/C23H22ClN5O4S/c1-3-9-29(12-19-27-28-22(33-19)17-6-4-5-7-18(17)24)20(30)11-15-13-34-23(25-15)26-21(31)16-8-10-32-14(16)2/h4-8,10,13H,3,9,11-12H2,1-2H3,(H,25,26,31). The van der Waals surface area contributed by atoms with Crippen LogP contribution in [0.25, 0.3) is 11.5 Å². The first-order valence-electron chi connectivity index (χ1n) is 10.6. The number of nitrogens with zero attached hydrogens (tertiary/aromatic N) is 4. The van der Waals surface area contributed by atoms with E-state index >= 15 is 0 Å². The molecule has 34 heavy (non-hydrogen) atoms. The van der Waals surface area contributed by atoms with E-state index in [1.807, 2.05) is 19.1 Å². The summed E-state index contributed by atoms with van der Waals surface area (Å²) in [6, 6.07) is 8.78. The molecule has 4 aromatic rings. The number of nitrogens with one attached hydrogen (secondary N) is 1. The lowest BCUT2D eigenvalue weighted by molar-refractivity contribution is -0.131. The van der Waals surface area contributed by atoms with Crippen LogP contribution in [-0.4, -0.2) is 38.4 Å². The highest BCUT2D eigenvalue weighted by molar-refractivity contribution is 7.14. The number of furan rings is 1. The number of aromatic nitrogens is 3. The first-order chi connectivity index (χ1) is 16.4. The molecule has 0 spiro atoms. The van der Waals surface area contributed by atoms with Crippen LogP contribution in [0, 0.1) is 6.92 Å². The van der Waals surface area contributed by atoms with Gasteiger partial charge in [-0.15, -0.1) is 21.5 Å².